The summed E-state index contributed by atoms with van der Waals surface area (Å²) in [6.07, 6.45) is 2.12. The summed E-state index contributed by atoms with van der Waals surface area (Å²) in [6, 6.07) is 8.19. The van der Waals surface area contributed by atoms with Gasteiger partial charge < -0.3 is 9.64 Å². The number of hydrogen-bond acceptors (Lipinski definition) is 5. The molecule has 0 radical (unpaired) electrons. The van der Waals surface area contributed by atoms with Gasteiger partial charge in [0.2, 0.25) is 11.8 Å². The lowest BCUT2D eigenvalue weighted by Gasteiger charge is -2.28. The summed E-state index contributed by atoms with van der Waals surface area (Å²) in [4.78, 5) is 17.4. The van der Waals surface area contributed by atoms with Gasteiger partial charge in [0.05, 0.1) is 23.9 Å². The second kappa shape index (κ2) is 6.72. The van der Waals surface area contributed by atoms with Crippen LogP contribution in [0.15, 0.2) is 41.4 Å². The zero-order valence-corrected chi connectivity index (χ0v) is 14.8. The van der Waals surface area contributed by atoms with Gasteiger partial charge in [-0.3, -0.25) is 9.52 Å². The van der Waals surface area contributed by atoms with Gasteiger partial charge in [-0.05, 0) is 35.7 Å². The third kappa shape index (κ3) is 3.74. The van der Waals surface area contributed by atoms with Crippen LogP contribution in [0, 0.1) is 0 Å². The molecule has 0 aliphatic carbocycles. The predicted octanol–water partition coefficient (Wildman–Crippen LogP) is 1.80. The number of carbonyl (C=O) groups is 1. The maximum Gasteiger partial charge on any atom is 0.261 e. The van der Waals surface area contributed by atoms with E-state index in [1.54, 1.807) is 29.2 Å². The average Bonchev–Trinajstić information content (AvgIpc) is 2.61. The summed E-state index contributed by atoms with van der Waals surface area (Å²) in [5, 5.41) is 0. The number of fused-ring (bicyclic) bond motifs is 1. The highest BCUT2D eigenvalue weighted by atomic mass is 32.2. The number of benzene rings is 1. The van der Waals surface area contributed by atoms with E-state index < -0.39 is 10.0 Å². The van der Waals surface area contributed by atoms with Crippen molar-refractivity contribution in [3.63, 3.8) is 0 Å². The molecule has 0 saturated carbocycles. The van der Waals surface area contributed by atoms with E-state index in [4.69, 9.17) is 4.74 Å². The summed E-state index contributed by atoms with van der Waals surface area (Å²) in [5.41, 5.74) is 2.28. The van der Waals surface area contributed by atoms with Crippen molar-refractivity contribution in [2.24, 2.45) is 0 Å². The Morgan fingerprint density at radius 3 is 2.68 bits per heavy atom. The van der Waals surface area contributed by atoms with Crippen molar-refractivity contribution in [2.45, 2.75) is 24.8 Å². The third-order valence-corrected chi connectivity index (χ3v) is 5.52. The molecule has 1 aromatic carbocycles. The highest BCUT2D eigenvalue weighted by Crippen LogP contribution is 2.24. The monoisotopic (exact) mass is 361 g/mol. The van der Waals surface area contributed by atoms with Crippen molar-refractivity contribution in [3.8, 4) is 5.88 Å². The van der Waals surface area contributed by atoms with Crippen molar-refractivity contribution in [3.05, 3.63) is 47.7 Å². The lowest BCUT2D eigenvalue weighted by molar-refractivity contribution is -0.129. The minimum atomic E-state index is -3.74. The van der Waals surface area contributed by atoms with Crippen molar-refractivity contribution in [1.29, 1.82) is 0 Å². The molecule has 2 aromatic rings. The van der Waals surface area contributed by atoms with Gasteiger partial charge in [-0.2, -0.15) is 0 Å². The highest BCUT2D eigenvalue weighted by molar-refractivity contribution is 7.92. The van der Waals surface area contributed by atoms with E-state index in [1.165, 1.54) is 20.2 Å². The van der Waals surface area contributed by atoms with Gasteiger partial charge in [0.1, 0.15) is 0 Å². The summed E-state index contributed by atoms with van der Waals surface area (Å²) >= 11 is 0. The predicted molar refractivity (Wildman–Crippen MR) is 92.8 cm³/mol. The van der Waals surface area contributed by atoms with Crippen LogP contribution >= 0.6 is 0 Å². The first-order chi connectivity index (χ1) is 11.9. The molecular formula is C17H19N3O4S. The minimum absolute atomic E-state index is 0.0126. The Morgan fingerprint density at radius 2 is 2.04 bits per heavy atom. The largest absolute Gasteiger partial charge is 0.481 e. The zero-order chi connectivity index (χ0) is 18.0. The van der Waals surface area contributed by atoms with E-state index in [1.807, 2.05) is 6.07 Å². The second-order valence-electron chi connectivity index (χ2n) is 5.82. The Hall–Kier alpha value is -2.61. The lowest BCUT2D eigenvalue weighted by atomic mass is 10.00. The molecular weight excluding hydrogens is 342 g/mol. The summed E-state index contributed by atoms with van der Waals surface area (Å²) in [7, 11) is -2.25. The molecule has 0 saturated heterocycles. The quantitative estimate of drug-likeness (QED) is 0.897. The van der Waals surface area contributed by atoms with Crippen molar-refractivity contribution in [1.82, 2.24) is 9.88 Å². The van der Waals surface area contributed by atoms with Gasteiger partial charge in [-0.1, -0.05) is 6.07 Å². The number of nitrogens with one attached hydrogen (secondary N) is 1. The lowest BCUT2D eigenvalue weighted by Crippen LogP contribution is -2.34. The van der Waals surface area contributed by atoms with Crippen molar-refractivity contribution >= 4 is 21.6 Å². The van der Waals surface area contributed by atoms with Crippen LogP contribution in [0.1, 0.15) is 18.1 Å². The summed E-state index contributed by atoms with van der Waals surface area (Å²) in [5.74, 6) is 0.391. The maximum absolute atomic E-state index is 12.6. The molecule has 0 spiro atoms. The molecule has 8 heteroatoms. The molecule has 0 atom stereocenters. The topological polar surface area (TPSA) is 88.6 Å². The Kier molecular flexibility index (Phi) is 4.63. The standard InChI is InChI=1S/C17H19N3O4S/c1-12(21)20-8-7-13-3-5-16(9-14(13)11-20)25(22,23)19-15-4-6-17(24-2)18-10-15/h3-6,9-10,19H,7-8,11H2,1-2H3. The molecule has 1 aromatic heterocycles. The highest BCUT2D eigenvalue weighted by Gasteiger charge is 2.21. The van der Waals surface area contributed by atoms with E-state index in [0.29, 0.717) is 24.7 Å². The molecule has 0 bridgehead atoms. The fraction of sp³-hybridized carbons (Fsp3) is 0.294. The number of sulfonamides is 1. The van der Waals surface area contributed by atoms with Gasteiger partial charge in [-0.15, -0.1) is 0 Å². The number of amides is 1. The molecule has 2 heterocycles. The van der Waals surface area contributed by atoms with Crippen LogP contribution in [0.4, 0.5) is 5.69 Å². The van der Waals surface area contributed by atoms with Crippen LogP contribution in [-0.4, -0.2) is 37.9 Å². The summed E-state index contributed by atoms with van der Waals surface area (Å²) in [6.45, 7) is 2.60. The number of methoxy groups -OCH3 is 1. The normalized spacial score (nSPS) is 13.9. The van der Waals surface area contributed by atoms with Crippen LogP contribution in [0.5, 0.6) is 5.88 Å². The second-order valence-corrected chi connectivity index (χ2v) is 7.50. The van der Waals surface area contributed by atoms with Crippen LogP contribution < -0.4 is 9.46 Å². The number of anilines is 1. The van der Waals surface area contributed by atoms with E-state index >= 15 is 0 Å². The minimum Gasteiger partial charge on any atom is -0.481 e. The van der Waals surface area contributed by atoms with Gasteiger partial charge in [0.25, 0.3) is 10.0 Å². The fourth-order valence-electron chi connectivity index (χ4n) is 2.74. The smallest absolute Gasteiger partial charge is 0.261 e. The first-order valence-electron chi connectivity index (χ1n) is 7.79. The Morgan fingerprint density at radius 1 is 1.24 bits per heavy atom. The van der Waals surface area contributed by atoms with E-state index in [-0.39, 0.29) is 10.8 Å². The molecule has 0 unspecified atom stereocenters. The average molecular weight is 361 g/mol. The fourth-order valence-corrected chi connectivity index (χ4v) is 3.84. The molecule has 1 aliphatic heterocycles. The number of hydrogen-bond donors (Lipinski definition) is 1. The molecule has 1 N–H and O–H groups in total. The first kappa shape index (κ1) is 17.2. The number of rotatable bonds is 4. The number of carbonyl (C=O) groups excluding carboxylic acids is 1. The van der Waals surface area contributed by atoms with Crippen LogP contribution in [0.2, 0.25) is 0 Å². The Balaban J connectivity index is 1.85. The first-order valence-corrected chi connectivity index (χ1v) is 9.27. The molecule has 3 rings (SSSR count). The third-order valence-electron chi connectivity index (χ3n) is 4.14. The van der Waals surface area contributed by atoms with Crippen molar-refractivity contribution < 1.29 is 17.9 Å². The van der Waals surface area contributed by atoms with E-state index in [2.05, 4.69) is 9.71 Å². The van der Waals surface area contributed by atoms with E-state index in [9.17, 15) is 13.2 Å². The van der Waals surface area contributed by atoms with Gasteiger partial charge in [0, 0.05) is 26.1 Å². The molecule has 0 fully saturated rings. The van der Waals surface area contributed by atoms with Crippen LogP contribution in [0.25, 0.3) is 0 Å². The number of pyridine rings is 1. The number of ether oxygens (including phenoxy) is 1. The maximum atomic E-state index is 12.6. The van der Waals surface area contributed by atoms with Crippen LogP contribution in [0.3, 0.4) is 0 Å². The SMILES string of the molecule is COc1ccc(NS(=O)(=O)c2ccc3c(c2)CN(C(C)=O)CC3)cn1. The number of nitrogens with zero attached hydrogens (tertiary/aromatic N) is 2. The van der Waals surface area contributed by atoms with Gasteiger partial charge >= 0.3 is 0 Å². The van der Waals surface area contributed by atoms with E-state index in [0.717, 1.165) is 17.5 Å². The Labute approximate surface area is 146 Å². The Bertz CT molecular complexity index is 895. The number of aromatic nitrogens is 1. The molecule has 7 nitrogen and oxygen atoms in total. The molecule has 1 aliphatic rings. The summed E-state index contributed by atoms with van der Waals surface area (Å²) < 4.78 is 32.7. The van der Waals surface area contributed by atoms with Crippen LogP contribution in [-0.2, 0) is 27.8 Å². The molecule has 1 amide bonds. The molecule has 132 valence electrons. The van der Waals surface area contributed by atoms with Crippen molar-refractivity contribution in [2.75, 3.05) is 18.4 Å². The van der Waals surface area contributed by atoms with Gasteiger partial charge in [0.15, 0.2) is 0 Å². The molecule has 25 heavy (non-hydrogen) atoms. The zero-order valence-electron chi connectivity index (χ0n) is 14.0. The van der Waals surface area contributed by atoms with Gasteiger partial charge in [-0.25, -0.2) is 13.4 Å².